The van der Waals surface area contributed by atoms with E-state index in [2.05, 4.69) is 4.72 Å². The molecule has 0 fully saturated rings. The number of fused-ring (bicyclic) bond motifs is 1. The number of sulfonamides is 1. The summed E-state index contributed by atoms with van der Waals surface area (Å²) < 4.78 is 39.1. The number of esters is 1. The molecule has 0 amide bonds. The third-order valence-corrected chi connectivity index (χ3v) is 5.94. The Morgan fingerprint density at radius 1 is 1.19 bits per heavy atom. The van der Waals surface area contributed by atoms with Crippen molar-refractivity contribution in [2.75, 3.05) is 4.72 Å². The molecule has 0 atom stereocenters. The van der Waals surface area contributed by atoms with Crippen LogP contribution in [0.3, 0.4) is 0 Å². The number of rotatable bonds is 4. The largest absolute Gasteiger partial charge is 0.483 e. The van der Waals surface area contributed by atoms with E-state index in [1.54, 1.807) is 0 Å². The van der Waals surface area contributed by atoms with E-state index >= 15 is 0 Å². The predicted octanol–water partition coefficient (Wildman–Crippen LogP) is 4.43. The molecule has 0 aliphatic carbocycles. The van der Waals surface area contributed by atoms with E-state index in [0.717, 1.165) is 0 Å². The van der Waals surface area contributed by atoms with E-state index in [1.165, 1.54) is 37.3 Å². The highest BCUT2D eigenvalue weighted by molar-refractivity contribution is 7.92. The Morgan fingerprint density at radius 3 is 2.52 bits per heavy atom. The first kappa shape index (κ1) is 19.8. The first-order valence-corrected chi connectivity index (χ1v) is 10.2. The van der Waals surface area contributed by atoms with Gasteiger partial charge in [-0.1, -0.05) is 23.2 Å². The molecular formula is C18H17Cl2NO5S. The van der Waals surface area contributed by atoms with Crippen LogP contribution in [0.4, 0.5) is 5.69 Å². The fourth-order valence-corrected chi connectivity index (χ4v) is 4.22. The molecular weight excluding hydrogens is 413 g/mol. The van der Waals surface area contributed by atoms with Crippen LogP contribution in [-0.4, -0.2) is 20.0 Å². The van der Waals surface area contributed by atoms with Crippen molar-refractivity contribution in [1.82, 2.24) is 0 Å². The third kappa shape index (κ3) is 4.31. The Balaban J connectivity index is 2.02. The second-order valence-electron chi connectivity index (χ2n) is 6.78. The Bertz CT molecular complexity index is 1030. The zero-order valence-corrected chi connectivity index (χ0v) is 17.1. The van der Waals surface area contributed by atoms with Crippen LogP contribution in [0.25, 0.3) is 0 Å². The minimum Gasteiger partial charge on any atom is -0.483 e. The highest BCUT2D eigenvalue weighted by atomic mass is 35.5. The van der Waals surface area contributed by atoms with Gasteiger partial charge in [-0.15, -0.1) is 0 Å². The lowest BCUT2D eigenvalue weighted by Crippen LogP contribution is -2.24. The van der Waals surface area contributed by atoms with Gasteiger partial charge in [-0.2, -0.15) is 0 Å². The van der Waals surface area contributed by atoms with Crippen molar-refractivity contribution in [1.29, 1.82) is 0 Å². The fourth-order valence-electron chi connectivity index (χ4n) is 2.81. The van der Waals surface area contributed by atoms with Crippen molar-refractivity contribution < 1.29 is 22.7 Å². The van der Waals surface area contributed by atoms with Crippen molar-refractivity contribution in [3.8, 4) is 11.5 Å². The molecule has 1 aliphatic heterocycles. The van der Waals surface area contributed by atoms with Crippen LogP contribution in [0.2, 0.25) is 10.0 Å². The van der Waals surface area contributed by atoms with Gasteiger partial charge >= 0.3 is 5.97 Å². The predicted molar refractivity (Wildman–Crippen MR) is 103 cm³/mol. The highest BCUT2D eigenvalue weighted by Crippen LogP contribution is 2.44. The summed E-state index contributed by atoms with van der Waals surface area (Å²) in [5.41, 5.74) is 0.375. The van der Waals surface area contributed by atoms with Gasteiger partial charge in [-0.05, 0) is 38.1 Å². The number of hydrogen-bond acceptors (Lipinski definition) is 5. The third-order valence-electron chi connectivity index (χ3n) is 3.84. The SMILES string of the molecule is CC(=O)Oc1cc(S(=O)(=O)Nc2ccc(Cl)c(Cl)c2)cc2c1OC(C)(C)C2. The van der Waals surface area contributed by atoms with Crippen molar-refractivity contribution in [3.63, 3.8) is 0 Å². The lowest BCUT2D eigenvalue weighted by atomic mass is 10.0. The maximum atomic E-state index is 12.8. The summed E-state index contributed by atoms with van der Waals surface area (Å²) in [6.07, 6.45) is 0.479. The van der Waals surface area contributed by atoms with Gasteiger partial charge < -0.3 is 9.47 Å². The smallest absolute Gasteiger partial charge is 0.308 e. The maximum Gasteiger partial charge on any atom is 0.308 e. The van der Waals surface area contributed by atoms with Gasteiger partial charge in [0.2, 0.25) is 0 Å². The van der Waals surface area contributed by atoms with Crippen molar-refractivity contribution in [2.24, 2.45) is 0 Å². The number of ether oxygens (including phenoxy) is 2. The fraction of sp³-hybridized carbons (Fsp3) is 0.278. The summed E-state index contributed by atoms with van der Waals surface area (Å²) in [4.78, 5) is 11.4. The van der Waals surface area contributed by atoms with Crippen LogP contribution in [0.15, 0.2) is 35.2 Å². The maximum absolute atomic E-state index is 12.8. The molecule has 0 saturated heterocycles. The van der Waals surface area contributed by atoms with Crippen LogP contribution >= 0.6 is 23.2 Å². The van der Waals surface area contributed by atoms with E-state index < -0.39 is 21.6 Å². The second-order valence-corrected chi connectivity index (χ2v) is 9.27. The zero-order valence-electron chi connectivity index (χ0n) is 14.8. The molecule has 1 aliphatic rings. The lowest BCUT2D eigenvalue weighted by Gasteiger charge is -2.18. The topological polar surface area (TPSA) is 81.7 Å². The molecule has 27 heavy (non-hydrogen) atoms. The molecule has 0 radical (unpaired) electrons. The van der Waals surface area contributed by atoms with Gasteiger partial charge in [0, 0.05) is 25.0 Å². The number of carbonyl (C=O) groups excluding carboxylic acids is 1. The Labute approximate surface area is 167 Å². The molecule has 2 aromatic carbocycles. The van der Waals surface area contributed by atoms with Gasteiger partial charge in [-0.3, -0.25) is 9.52 Å². The van der Waals surface area contributed by atoms with E-state index in [0.29, 0.717) is 22.8 Å². The van der Waals surface area contributed by atoms with Crippen LogP contribution in [0.5, 0.6) is 11.5 Å². The molecule has 1 N–H and O–H groups in total. The van der Waals surface area contributed by atoms with Crippen LogP contribution in [0.1, 0.15) is 26.3 Å². The second kappa shape index (κ2) is 6.89. The van der Waals surface area contributed by atoms with Crippen molar-refractivity contribution in [3.05, 3.63) is 45.9 Å². The van der Waals surface area contributed by atoms with Crippen LogP contribution in [-0.2, 0) is 21.2 Å². The minimum absolute atomic E-state index is 0.0510. The van der Waals surface area contributed by atoms with Gasteiger partial charge in [0.1, 0.15) is 5.60 Å². The molecule has 6 nitrogen and oxygen atoms in total. The molecule has 0 unspecified atom stereocenters. The summed E-state index contributed by atoms with van der Waals surface area (Å²) in [5, 5.41) is 0.537. The summed E-state index contributed by atoms with van der Waals surface area (Å²) in [6.45, 7) is 4.97. The van der Waals surface area contributed by atoms with Gasteiger partial charge in [-0.25, -0.2) is 8.42 Å². The highest BCUT2D eigenvalue weighted by Gasteiger charge is 2.35. The number of carbonyl (C=O) groups is 1. The van der Waals surface area contributed by atoms with E-state index in [4.69, 9.17) is 32.7 Å². The van der Waals surface area contributed by atoms with E-state index in [1.807, 2.05) is 13.8 Å². The van der Waals surface area contributed by atoms with Crippen LogP contribution in [0, 0.1) is 0 Å². The van der Waals surface area contributed by atoms with Crippen molar-refractivity contribution >= 4 is 44.9 Å². The molecule has 3 rings (SSSR count). The quantitative estimate of drug-likeness (QED) is 0.573. The normalized spacial score (nSPS) is 15.0. The Hall–Kier alpha value is -1.96. The monoisotopic (exact) mass is 429 g/mol. The molecule has 0 bridgehead atoms. The number of anilines is 1. The molecule has 0 spiro atoms. The number of hydrogen-bond donors (Lipinski definition) is 1. The lowest BCUT2D eigenvalue weighted by molar-refractivity contribution is -0.132. The molecule has 0 saturated carbocycles. The van der Waals surface area contributed by atoms with Gasteiger partial charge in [0.05, 0.1) is 20.6 Å². The molecule has 144 valence electrons. The molecule has 0 aromatic heterocycles. The summed E-state index contributed by atoms with van der Waals surface area (Å²) in [5.74, 6) is -0.124. The number of nitrogens with one attached hydrogen (secondary N) is 1. The molecule has 9 heteroatoms. The standard InChI is InChI=1S/C18H17Cl2NO5S/c1-10(22)25-16-8-13(6-11-9-18(2,3)26-17(11)16)27(23,24)21-12-4-5-14(19)15(20)7-12/h4-8,21H,9H2,1-3H3. The Kier molecular flexibility index (Phi) is 5.05. The van der Waals surface area contributed by atoms with Crippen LogP contribution < -0.4 is 14.2 Å². The average Bonchev–Trinajstić information content (AvgIpc) is 2.84. The number of halogens is 2. The minimum atomic E-state index is -3.96. The zero-order chi connectivity index (χ0) is 20.0. The van der Waals surface area contributed by atoms with E-state index in [9.17, 15) is 13.2 Å². The van der Waals surface area contributed by atoms with E-state index in [-0.39, 0.29) is 21.4 Å². The van der Waals surface area contributed by atoms with Gasteiger partial charge in [0.15, 0.2) is 11.5 Å². The summed E-state index contributed by atoms with van der Waals surface area (Å²) >= 11 is 11.8. The first-order valence-electron chi connectivity index (χ1n) is 7.99. The number of benzene rings is 2. The summed E-state index contributed by atoms with van der Waals surface area (Å²) in [6, 6.07) is 7.18. The van der Waals surface area contributed by atoms with Crippen molar-refractivity contribution in [2.45, 2.75) is 37.7 Å². The summed E-state index contributed by atoms with van der Waals surface area (Å²) in [7, 11) is -3.96. The first-order chi connectivity index (χ1) is 12.5. The average molecular weight is 430 g/mol. The molecule has 1 heterocycles. The van der Waals surface area contributed by atoms with Gasteiger partial charge in [0.25, 0.3) is 10.0 Å². The molecule has 2 aromatic rings. The Morgan fingerprint density at radius 2 is 1.89 bits per heavy atom.